The van der Waals surface area contributed by atoms with E-state index in [4.69, 9.17) is 102 Å². The van der Waals surface area contributed by atoms with Crippen LogP contribution in [0, 0.1) is 26.0 Å². The number of nitrogens with one attached hydrogen (secondary N) is 6. The number of morpholine rings is 3. The first-order valence-electron chi connectivity index (χ1n) is 41.0. The minimum absolute atomic E-state index is 0.0585. The number of methoxy groups -OCH3 is 3. The van der Waals surface area contributed by atoms with E-state index in [-0.39, 0.29) is 61.2 Å². The van der Waals surface area contributed by atoms with Crippen LogP contribution in [0.4, 0.5) is 90.9 Å². The second-order valence-corrected chi connectivity index (χ2v) is 31.1. The van der Waals surface area contributed by atoms with Crippen LogP contribution in [0.25, 0.3) is 0 Å². The average molecular weight is 1910 g/mol. The topological polar surface area (TPSA) is 486 Å². The summed E-state index contributed by atoms with van der Waals surface area (Å²) in [6.45, 7) is 14.0. The van der Waals surface area contributed by atoms with Crippen molar-refractivity contribution in [3.63, 3.8) is 0 Å². The molecule has 0 atom stereocenters. The summed E-state index contributed by atoms with van der Waals surface area (Å²) in [5.74, 6) is 4.28. The van der Waals surface area contributed by atoms with Crippen molar-refractivity contribution in [2.75, 3.05) is 184 Å². The van der Waals surface area contributed by atoms with E-state index in [0.717, 1.165) is 114 Å². The van der Waals surface area contributed by atoms with E-state index in [1.54, 1.807) is 117 Å². The number of hydrogen-bond acceptors (Lipinski definition) is 37. The van der Waals surface area contributed by atoms with Gasteiger partial charge in [-0.3, -0.25) is 54.4 Å². The number of halogens is 4. The molecule has 702 valence electrons. The summed E-state index contributed by atoms with van der Waals surface area (Å²) in [4.78, 5) is 67.1. The fraction of sp³-hybridized carbons (Fsp3) is 0.284. The van der Waals surface area contributed by atoms with E-state index in [9.17, 15) is 33.0 Å². The van der Waals surface area contributed by atoms with Crippen molar-refractivity contribution in [3.8, 4) is 46.0 Å². The third-order valence-corrected chi connectivity index (χ3v) is 19.8. The largest absolute Gasteiger partial charge is 0.494 e. The molecule has 9 heterocycles. The maximum Gasteiger partial charge on any atom is 0.313 e. The van der Waals surface area contributed by atoms with Crippen molar-refractivity contribution in [1.82, 2.24) is 59.6 Å². The summed E-state index contributed by atoms with van der Waals surface area (Å²) < 4.78 is 101. The maximum absolute atomic E-state index is 13.9. The van der Waals surface area contributed by atoms with Gasteiger partial charge in [0.2, 0.25) is 29.4 Å². The van der Waals surface area contributed by atoms with E-state index in [1.807, 2.05) is 60.7 Å². The van der Waals surface area contributed by atoms with Gasteiger partial charge in [-0.25, -0.2) is 15.0 Å². The highest BCUT2D eigenvalue weighted by Crippen LogP contribution is 2.42. The summed E-state index contributed by atoms with van der Waals surface area (Å²) in [7, 11) is 0.703. The quantitative estimate of drug-likeness (QED) is 0.00762. The van der Waals surface area contributed by atoms with Gasteiger partial charge in [0.05, 0.1) is 139 Å². The van der Waals surface area contributed by atoms with Crippen molar-refractivity contribution in [2.24, 2.45) is 0 Å². The number of anilines is 13. The fourth-order valence-electron chi connectivity index (χ4n) is 12.4. The van der Waals surface area contributed by atoms with E-state index in [0.29, 0.717) is 141 Å². The van der Waals surface area contributed by atoms with Gasteiger partial charge in [-0.1, -0.05) is 53.0 Å². The Balaban J connectivity index is 0.000000179. The molecule has 0 aliphatic carbocycles. The number of nitrogen functional groups attached to an aromatic ring is 1. The number of rotatable bonds is 36. The van der Waals surface area contributed by atoms with Gasteiger partial charge in [0.1, 0.15) is 90.7 Å². The number of pyridine rings is 3. The number of β-amino-alcohol motifs (C(OH)–C–C–N with tert-alkyl or cyclic N) is 1. The molecule has 10 N–H and O–H groups in total. The normalized spacial score (nSPS) is 13.1. The smallest absolute Gasteiger partial charge is 0.313 e. The Morgan fingerprint density at radius 3 is 1.11 bits per heavy atom. The number of hydrogen-bond donors (Lipinski definition) is 9. The van der Waals surface area contributed by atoms with Crippen molar-refractivity contribution in [3.05, 3.63) is 259 Å². The molecule has 3 saturated heterocycles. The van der Waals surface area contributed by atoms with E-state index in [2.05, 4.69) is 91.5 Å². The van der Waals surface area contributed by atoms with Crippen LogP contribution in [0.15, 0.2) is 201 Å². The Morgan fingerprint density at radius 2 is 0.767 bits per heavy atom. The molecular formula is C88H97Cl3FN21O19S. The minimum Gasteiger partial charge on any atom is -0.494 e. The van der Waals surface area contributed by atoms with E-state index >= 15 is 0 Å². The van der Waals surface area contributed by atoms with Gasteiger partial charge in [0.25, 0.3) is 10.1 Å². The van der Waals surface area contributed by atoms with Crippen molar-refractivity contribution in [2.45, 2.75) is 19.8 Å². The van der Waals surface area contributed by atoms with Gasteiger partial charge in [0.15, 0.2) is 0 Å². The highest BCUT2D eigenvalue weighted by Gasteiger charge is 2.25. The summed E-state index contributed by atoms with van der Waals surface area (Å²) in [5.41, 5.74) is 11.3. The lowest BCUT2D eigenvalue weighted by Crippen LogP contribution is -2.38. The maximum atomic E-state index is 13.9. The van der Waals surface area contributed by atoms with Gasteiger partial charge < -0.3 is 94.8 Å². The van der Waals surface area contributed by atoms with Crippen molar-refractivity contribution in [1.29, 1.82) is 0 Å². The van der Waals surface area contributed by atoms with Crippen LogP contribution in [0.1, 0.15) is 17.1 Å². The zero-order valence-electron chi connectivity index (χ0n) is 72.5. The second kappa shape index (κ2) is 51.7. The molecule has 0 unspecified atom stereocenters. The zero-order chi connectivity index (χ0) is 94.3. The molecule has 45 heteroatoms. The number of aliphatic hydroxyl groups excluding tert-OH is 1. The van der Waals surface area contributed by atoms with Crippen molar-refractivity contribution < 1.29 is 84.4 Å². The van der Waals surface area contributed by atoms with Crippen LogP contribution in [0.3, 0.4) is 0 Å². The summed E-state index contributed by atoms with van der Waals surface area (Å²) in [6.07, 6.45) is 10.5. The molecule has 6 aromatic heterocycles. The highest BCUT2D eigenvalue weighted by molar-refractivity contribution is 7.85. The third-order valence-electron chi connectivity index (χ3n) is 19.0. The zero-order valence-corrected chi connectivity index (χ0v) is 75.6. The van der Waals surface area contributed by atoms with E-state index in [1.165, 1.54) is 32.5 Å². The highest BCUT2D eigenvalue weighted by atomic mass is 35.5. The van der Waals surface area contributed by atoms with Crippen LogP contribution in [-0.4, -0.2) is 233 Å². The summed E-state index contributed by atoms with van der Waals surface area (Å²) >= 11 is 19.3. The van der Waals surface area contributed by atoms with Crippen LogP contribution in [0.2, 0.25) is 15.1 Å². The van der Waals surface area contributed by atoms with Crippen LogP contribution >= 0.6 is 34.8 Å². The van der Waals surface area contributed by atoms with Gasteiger partial charge in [-0.2, -0.15) is 27.8 Å². The Kier molecular flexibility index (Phi) is 38.8. The molecule has 15 rings (SSSR count). The lowest BCUT2D eigenvalue weighted by atomic mass is 10.2. The molecule has 6 aromatic carbocycles. The molecule has 40 nitrogen and oxygen atoms in total. The first kappa shape index (κ1) is 99.8. The fourth-order valence-corrected chi connectivity index (χ4v) is 13.1. The molecule has 3 aliphatic rings. The first-order chi connectivity index (χ1) is 64.4. The predicted octanol–water partition coefficient (Wildman–Crippen LogP) is 14.6. The van der Waals surface area contributed by atoms with Gasteiger partial charge in [-0.05, 0) is 115 Å². The molecule has 0 radical (unpaired) electrons. The molecular weight excluding hydrogens is 1810 g/mol. The molecule has 0 bridgehead atoms. The second-order valence-electron chi connectivity index (χ2n) is 28.5. The van der Waals surface area contributed by atoms with Gasteiger partial charge in [-0.15, -0.1) is 0 Å². The number of nitro groups is 2. The summed E-state index contributed by atoms with van der Waals surface area (Å²) in [5, 5.41) is 51.3. The molecule has 0 spiro atoms. The first-order valence-corrected chi connectivity index (χ1v) is 44.0. The Labute approximate surface area is 779 Å². The standard InChI is InChI=1S/C29H30ClN7O6.C29H32ClN7O4.C23H18ClFN6O4.C6H13NO2.CH4O3S/c1-40-26-18-27(42-15-12-36-10-13-41-14-11-36)24(37(38)39)17-23(26)34-29-32-9-7-28(35-29)33-20-5-6-25(22(30)16-20)43-19-21-4-2-3-8-31-21;1-38-27-18-26(40-15-12-37-10-13-39-14-11-37)23(31)17-24(27)35-29-33-9-7-28(36-29)34-20-5-6-25(22(30)16-20)41-19-21-4-2-3-8-32-21;1-34-21-11-17(25)19(31(32)33)12-18(21)29-23-27-9-7-22(30-23)28-14-5-6-20(16(24)10-14)35-13-15-4-2-3-8-26-15;8-4-1-7-2-5-9-6-3-7;1-5(2,3)4/h2-9,16-18H,10-15,19H2,1H3,(H2,32,33,34,35);2-9,16-18H,10-15,19,31H2,1H3,(H2,33,34,35,36);2-12H,13H2,1H3,(H2,27,28,29,30);8H,1-6H2;1H3,(H,2,3,4). The number of nitrogens with zero attached hydrogens (tertiary/aromatic N) is 14. The van der Waals surface area contributed by atoms with Crippen LogP contribution in [0.5, 0.6) is 46.0 Å². The Bertz CT molecular complexity index is 5860. The molecule has 12 aromatic rings. The SMILES string of the molecule is COc1cc(F)c([N+](=O)[O-])cc1Nc1nccc(Nc2ccc(OCc3ccccn3)c(Cl)c2)n1.COc1cc(OCCN2CCOCC2)c(N)cc1Nc1nccc(Nc2ccc(OCc3ccccn3)c(Cl)c2)n1.COc1cc(OCCN2CCOCC2)c([N+](=O)[O-])cc1Nc1nccc(Nc2ccc(OCc3ccccn3)c(Cl)c2)n1.CS(=O)(=O)O.OCCN1CCOCC1. The number of nitrogens with two attached hydrogens (primary N) is 1. The Hall–Kier alpha value is -13.8. The molecule has 3 fully saturated rings. The molecule has 0 saturated carbocycles. The number of aliphatic hydroxyl groups is 1. The van der Waals surface area contributed by atoms with Crippen molar-refractivity contribution >= 4 is 131 Å². The lowest BCUT2D eigenvalue weighted by Gasteiger charge is -2.26. The van der Waals surface area contributed by atoms with Gasteiger partial charge in [0, 0.05) is 143 Å². The molecule has 0 amide bonds. The number of aromatic nitrogens is 9. The molecule has 3 aliphatic heterocycles. The summed E-state index contributed by atoms with van der Waals surface area (Å²) in [6, 6.07) is 46.0. The van der Waals surface area contributed by atoms with Crippen LogP contribution in [-0.2, 0) is 44.1 Å². The van der Waals surface area contributed by atoms with Crippen LogP contribution < -0.4 is 75.5 Å². The average Bonchev–Trinajstić information content (AvgIpc) is 0.783. The van der Waals surface area contributed by atoms with Gasteiger partial charge >= 0.3 is 11.4 Å². The number of nitro benzene ring substituents is 2. The number of ether oxygens (including phenoxy) is 11. The third kappa shape index (κ3) is 33.2. The molecule has 133 heavy (non-hydrogen) atoms. The monoisotopic (exact) mass is 1910 g/mol. The minimum atomic E-state index is -3.67. The lowest BCUT2D eigenvalue weighted by molar-refractivity contribution is -0.387. The predicted molar refractivity (Wildman–Crippen MR) is 500 cm³/mol. The van der Waals surface area contributed by atoms with E-state index < -0.39 is 31.5 Å². The Morgan fingerprint density at radius 1 is 0.429 bits per heavy atom. The number of benzene rings is 6.